The van der Waals surface area contributed by atoms with Crippen LogP contribution in [-0.4, -0.2) is 29.7 Å². The van der Waals surface area contributed by atoms with Crippen molar-refractivity contribution in [3.8, 4) is 17.1 Å². The van der Waals surface area contributed by atoms with E-state index in [4.69, 9.17) is 20.9 Å². The van der Waals surface area contributed by atoms with Gasteiger partial charge in [-0.05, 0) is 54.8 Å². The molecule has 0 aliphatic carbocycles. The minimum Gasteiger partial charge on any atom is -0.497 e. The van der Waals surface area contributed by atoms with Crippen LogP contribution in [0.25, 0.3) is 11.4 Å². The van der Waals surface area contributed by atoms with Gasteiger partial charge in [0.25, 0.3) is 0 Å². The molecule has 0 bridgehead atoms. The van der Waals surface area contributed by atoms with Crippen LogP contribution >= 0.6 is 11.6 Å². The van der Waals surface area contributed by atoms with Crippen molar-refractivity contribution in [2.75, 3.05) is 13.7 Å². The number of carbonyl (C=O) groups is 1. The minimum absolute atomic E-state index is 0.0269. The van der Waals surface area contributed by atoms with Gasteiger partial charge < -0.3 is 14.6 Å². The first kappa shape index (κ1) is 19.9. The average molecular weight is 400 g/mol. The zero-order valence-electron chi connectivity index (χ0n) is 15.7. The highest BCUT2D eigenvalue weighted by Gasteiger charge is 2.10. The van der Waals surface area contributed by atoms with E-state index in [2.05, 4.69) is 15.5 Å². The molecule has 2 aromatic carbocycles. The smallest absolute Gasteiger partial charge is 0.227 e. The summed E-state index contributed by atoms with van der Waals surface area (Å²) in [4.78, 5) is 16.3. The molecule has 0 aliphatic heterocycles. The van der Waals surface area contributed by atoms with Gasteiger partial charge in [0.1, 0.15) is 5.75 Å². The Morgan fingerprint density at radius 3 is 2.57 bits per heavy atom. The first-order valence-electron chi connectivity index (χ1n) is 9.12. The van der Waals surface area contributed by atoms with E-state index >= 15 is 0 Å². The number of nitrogens with one attached hydrogen (secondary N) is 1. The maximum absolute atomic E-state index is 12.0. The summed E-state index contributed by atoms with van der Waals surface area (Å²) in [7, 11) is 1.65. The lowest BCUT2D eigenvalue weighted by atomic mass is 10.1. The molecule has 0 spiro atoms. The number of nitrogens with zero attached hydrogens (tertiary/aromatic N) is 2. The van der Waals surface area contributed by atoms with Crippen molar-refractivity contribution in [2.24, 2.45) is 0 Å². The number of aryl methyl sites for hydroxylation is 2. The molecule has 1 aromatic heterocycles. The molecule has 0 saturated carbocycles. The van der Waals surface area contributed by atoms with Crippen molar-refractivity contribution in [3.05, 3.63) is 65.0 Å². The number of carbonyl (C=O) groups excluding carboxylic acids is 1. The number of amides is 1. The number of rotatable bonds is 9. The number of aromatic nitrogens is 2. The Morgan fingerprint density at radius 2 is 1.86 bits per heavy atom. The molecule has 146 valence electrons. The van der Waals surface area contributed by atoms with Gasteiger partial charge in [-0.2, -0.15) is 4.98 Å². The Bertz CT molecular complexity index is 892. The number of hydrogen-bond acceptors (Lipinski definition) is 5. The van der Waals surface area contributed by atoms with Crippen LogP contribution in [-0.2, 0) is 17.6 Å². The summed E-state index contributed by atoms with van der Waals surface area (Å²) >= 11 is 5.87. The molecule has 0 saturated heterocycles. The van der Waals surface area contributed by atoms with E-state index in [0.717, 1.165) is 24.2 Å². The number of ether oxygens (including phenoxy) is 1. The molecule has 28 heavy (non-hydrogen) atoms. The number of halogens is 1. The van der Waals surface area contributed by atoms with Crippen LogP contribution < -0.4 is 10.1 Å². The first-order chi connectivity index (χ1) is 13.6. The molecular formula is C21H22ClN3O3. The van der Waals surface area contributed by atoms with E-state index < -0.39 is 0 Å². The average Bonchev–Trinajstić information content (AvgIpc) is 3.20. The van der Waals surface area contributed by atoms with Gasteiger partial charge in [-0.15, -0.1) is 0 Å². The monoisotopic (exact) mass is 399 g/mol. The third-order valence-electron chi connectivity index (χ3n) is 4.26. The van der Waals surface area contributed by atoms with Crippen molar-refractivity contribution in [1.82, 2.24) is 15.5 Å². The van der Waals surface area contributed by atoms with Crippen LogP contribution in [0.5, 0.6) is 5.75 Å². The second kappa shape index (κ2) is 9.90. The predicted molar refractivity (Wildman–Crippen MR) is 107 cm³/mol. The fourth-order valence-electron chi connectivity index (χ4n) is 2.69. The fraction of sp³-hybridized carbons (Fsp3) is 0.286. The van der Waals surface area contributed by atoms with Gasteiger partial charge in [0.05, 0.1) is 7.11 Å². The Morgan fingerprint density at radius 1 is 1.11 bits per heavy atom. The van der Waals surface area contributed by atoms with Crippen LogP contribution in [0, 0.1) is 0 Å². The molecule has 0 fully saturated rings. The van der Waals surface area contributed by atoms with E-state index in [1.54, 1.807) is 19.2 Å². The summed E-state index contributed by atoms with van der Waals surface area (Å²) in [5.41, 5.74) is 2.04. The first-order valence-corrected chi connectivity index (χ1v) is 9.50. The molecule has 0 atom stereocenters. The van der Waals surface area contributed by atoms with Crippen molar-refractivity contribution in [2.45, 2.75) is 25.7 Å². The summed E-state index contributed by atoms with van der Waals surface area (Å²) < 4.78 is 10.4. The minimum atomic E-state index is -0.0269. The van der Waals surface area contributed by atoms with Crippen LogP contribution in [0.2, 0.25) is 5.02 Å². The second-order valence-corrected chi connectivity index (χ2v) is 6.76. The van der Waals surface area contributed by atoms with E-state index in [-0.39, 0.29) is 5.91 Å². The van der Waals surface area contributed by atoms with Crippen LogP contribution in [0.15, 0.2) is 53.1 Å². The number of benzene rings is 2. The van der Waals surface area contributed by atoms with Crippen LogP contribution in [0.4, 0.5) is 0 Å². The van der Waals surface area contributed by atoms with Gasteiger partial charge in [-0.25, -0.2) is 0 Å². The van der Waals surface area contributed by atoms with Gasteiger partial charge in [-0.3, -0.25) is 4.79 Å². The second-order valence-electron chi connectivity index (χ2n) is 6.32. The van der Waals surface area contributed by atoms with E-state index in [1.807, 2.05) is 36.4 Å². The largest absolute Gasteiger partial charge is 0.497 e. The molecule has 7 heteroatoms. The summed E-state index contributed by atoms with van der Waals surface area (Å²) in [5.74, 6) is 1.75. The molecule has 0 unspecified atom stereocenters. The maximum atomic E-state index is 12.0. The third-order valence-corrected chi connectivity index (χ3v) is 4.51. The maximum Gasteiger partial charge on any atom is 0.227 e. The Labute approximate surface area is 168 Å². The highest BCUT2D eigenvalue weighted by atomic mass is 35.5. The van der Waals surface area contributed by atoms with Gasteiger partial charge in [0.15, 0.2) is 0 Å². The zero-order valence-corrected chi connectivity index (χ0v) is 16.4. The Kier molecular flexibility index (Phi) is 7.03. The quantitative estimate of drug-likeness (QED) is 0.548. The third kappa shape index (κ3) is 5.82. The summed E-state index contributed by atoms with van der Waals surface area (Å²) in [6.45, 7) is 0.630. The molecule has 1 N–H and O–H groups in total. The van der Waals surface area contributed by atoms with E-state index in [1.165, 1.54) is 5.56 Å². The van der Waals surface area contributed by atoms with Gasteiger partial charge in [0.2, 0.25) is 17.6 Å². The molecule has 1 amide bonds. The topological polar surface area (TPSA) is 77.2 Å². The SMILES string of the molecule is COc1ccc(CCCNC(=O)CCc2nc(-c3ccc(Cl)cc3)no2)cc1. The lowest BCUT2D eigenvalue weighted by Crippen LogP contribution is -2.25. The van der Waals surface area contributed by atoms with Crippen molar-refractivity contribution in [3.63, 3.8) is 0 Å². The lowest BCUT2D eigenvalue weighted by Gasteiger charge is -2.05. The van der Waals surface area contributed by atoms with Crippen molar-refractivity contribution < 1.29 is 14.1 Å². The molecule has 3 aromatic rings. The summed E-state index contributed by atoms with van der Waals surface area (Å²) in [6.07, 6.45) is 2.49. The van der Waals surface area contributed by atoms with Crippen molar-refractivity contribution in [1.29, 1.82) is 0 Å². The van der Waals surface area contributed by atoms with E-state index in [0.29, 0.717) is 36.1 Å². The highest BCUT2D eigenvalue weighted by Crippen LogP contribution is 2.19. The zero-order chi connectivity index (χ0) is 19.8. The standard InChI is InChI=1S/C21H22ClN3O3/c1-27-18-10-4-15(5-11-18)3-2-14-23-19(26)12-13-20-24-21(25-28-20)16-6-8-17(22)9-7-16/h4-11H,2-3,12-14H2,1H3,(H,23,26). The van der Waals surface area contributed by atoms with Gasteiger partial charge in [-0.1, -0.05) is 28.9 Å². The van der Waals surface area contributed by atoms with E-state index in [9.17, 15) is 4.79 Å². The number of hydrogen-bond donors (Lipinski definition) is 1. The lowest BCUT2D eigenvalue weighted by molar-refractivity contribution is -0.121. The molecular weight excluding hydrogens is 378 g/mol. The van der Waals surface area contributed by atoms with Gasteiger partial charge in [0, 0.05) is 30.0 Å². The van der Waals surface area contributed by atoms with Crippen LogP contribution in [0.3, 0.4) is 0 Å². The summed E-state index contributed by atoms with van der Waals surface area (Å²) in [5, 5.41) is 7.52. The summed E-state index contributed by atoms with van der Waals surface area (Å²) in [6, 6.07) is 15.1. The normalized spacial score (nSPS) is 10.6. The highest BCUT2D eigenvalue weighted by molar-refractivity contribution is 6.30. The molecule has 1 heterocycles. The Hall–Kier alpha value is -2.86. The predicted octanol–water partition coefficient (Wildman–Crippen LogP) is 4.08. The van der Waals surface area contributed by atoms with Gasteiger partial charge >= 0.3 is 0 Å². The fourth-order valence-corrected chi connectivity index (χ4v) is 2.82. The molecule has 0 radical (unpaired) electrons. The molecule has 3 rings (SSSR count). The number of methoxy groups -OCH3 is 1. The van der Waals surface area contributed by atoms with Crippen LogP contribution in [0.1, 0.15) is 24.3 Å². The molecule has 0 aliphatic rings. The molecule has 6 nitrogen and oxygen atoms in total. The Balaban J connectivity index is 1.36. The van der Waals surface area contributed by atoms with Crippen molar-refractivity contribution >= 4 is 17.5 Å².